The van der Waals surface area contributed by atoms with Crippen LogP contribution in [-0.2, 0) is 15.0 Å². The Labute approximate surface area is 224 Å². The van der Waals surface area contributed by atoms with E-state index in [9.17, 15) is 19.9 Å². The van der Waals surface area contributed by atoms with Gasteiger partial charge in [-0.05, 0) is 54.0 Å². The lowest BCUT2D eigenvalue weighted by Gasteiger charge is -2.38. The van der Waals surface area contributed by atoms with E-state index in [2.05, 4.69) is 10.6 Å². The zero-order valence-electron chi connectivity index (χ0n) is 20.8. The molecule has 10 heteroatoms. The molecule has 2 aliphatic heterocycles. The Bertz CT molecular complexity index is 1260. The molecular formula is C27H30Cl2FN3O4. The molecule has 2 heterocycles. The molecular weight excluding hydrogens is 520 g/mol. The molecule has 4 atom stereocenters. The first-order chi connectivity index (χ1) is 17.3. The summed E-state index contributed by atoms with van der Waals surface area (Å²) in [5.41, 5.74) is -0.826. The van der Waals surface area contributed by atoms with Crippen LogP contribution in [0, 0.1) is 11.2 Å². The van der Waals surface area contributed by atoms with E-state index in [0.29, 0.717) is 35.5 Å². The Morgan fingerprint density at radius 3 is 2.59 bits per heavy atom. The van der Waals surface area contributed by atoms with Gasteiger partial charge in [0, 0.05) is 22.7 Å². The molecule has 7 nitrogen and oxygen atoms in total. The number of hydrogen-bond donors (Lipinski definition) is 4. The Kier molecular flexibility index (Phi) is 6.56. The smallest absolute Gasteiger partial charge is 0.240 e. The number of benzene rings is 2. The van der Waals surface area contributed by atoms with Crippen molar-refractivity contribution in [2.45, 2.75) is 75.6 Å². The number of aliphatic hydroxyl groups excluding tert-OH is 1. The summed E-state index contributed by atoms with van der Waals surface area (Å²) in [6.07, 6.45) is 0.595. The minimum atomic E-state index is -1.52. The van der Waals surface area contributed by atoms with E-state index < -0.39 is 47.2 Å². The number of nitrogens with zero attached hydrogens (tertiary/aromatic N) is 1. The summed E-state index contributed by atoms with van der Waals surface area (Å²) in [6, 6.07) is 7.00. The van der Waals surface area contributed by atoms with E-state index in [4.69, 9.17) is 23.2 Å². The van der Waals surface area contributed by atoms with Crippen LogP contribution >= 0.6 is 23.2 Å². The number of hydroxylamine groups is 2. The maximum absolute atomic E-state index is 15.7. The van der Waals surface area contributed by atoms with Gasteiger partial charge in [0.2, 0.25) is 11.8 Å². The monoisotopic (exact) mass is 549 g/mol. The zero-order chi connectivity index (χ0) is 26.9. The second kappa shape index (κ2) is 9.20. The summed E-state index contributed by atoms with van der Waals surface area (Å²) in [6.45, 7) is 5.92. The Hall–Kier alpha value is -2.23. The van der Waals surface area contributed by atoms with Crippen molar-refractivity contribution in [3.63, 3.8) is 0 Å². The van der Waals surface area contributed by atoms with Crippen LogP contribution in [0.2, 0.25) is 10.0 Å². The predicted molar refractivity (Wildman–Crippen MR) is 138 cm³/mol. The van der Waals surface area contributed by atoms with Crippen molar-refractivity contribution in [3.05, 3.63) is 63.4 Å². The third-order valence-electron chi connectivity index (χ3n) is 7.84. The number of carbonyl (C=O) groups is 2. The van der Waals surface area contributed by atoms with Gasteiger partial charge in [0.05, 0.1) is 17.2 Å². The van der Waals surface area contributed by atoms with Gasteiger partial charge < -0.3 is 20.9 Å². The molecule has 2 aromatic carbocycles. The van der Waals surface area contributed by atoms with Crippen LogP contribution in [0.25, 0.3) is 0 Å². The Morgan fingerprint density at radius 2 is 1.95 bits per heavy atom. The standard InChI is InChI=1S/C27H30Cl2FN3O4/c1-26(2,3)12-20-27(17-8-7-13(28)9-19(17)32-25(27)36)21(16-5-4-6-18(29)22(16)30)23(33(20)37)24(35)31-14-10-15(34)11-14/h4-9,14-15,20-21,23,34,37H,10-12H2,1-3H3,(H,31,35)(H,32,36)/t14?,15?,20-,21+,23-,27+/m1/s1. The van der Waals surface area contributed by atoms with Crippen molar-refractivity contribution >= 4 is 40.7 Å². The Morgan fingerprint density at radius 1 is 1.24 bits per heavy atom. The van der Waals surface area contributed by atoms with Gasteiger partial charge in [-0.1, -0.05) is 62.2 Å². The van der Waals surface area contributed by atoms with Gasteiger partial charge in [-0.25, -0.2) is 4.39 Å². The number of halogens is 3. The summed E-state index contributed by atoms with van der Waals surface area (Å²) >= 11 is 12.4. The molecule has 1 saturated heterocycles. The van der Waals surface area contributed by atoms with E-state index in [1.165, 1.54) is 12.1 Å². The van der Waals surface area contributed by atoms with Crippen LogP contribution in [0.3, 0.4) is 0 Å². The van der Waals surface area contributed by atoms with E-state index in [1.807, 2.05) is 20.8 Å². The second-order valence-electron chi connectivity index (χ2n) is 11.6. The average molecular weight is 550 g/mol. The molecule has 0 unspecified atom stereocenters. The largest absolute Gasteiger partial charge is 0.393 e. The number of anilines is 1. The van der Waals surface area contributed by atoms with Gasteiger partial charge in [0.25, 0.3) is 0 Å². The zero-order valence-corrected chi connectivity index (χ0v) is 22.3. The number of aliphatic hydroxyl groups is 1. The van der Waals surface area contributed by atoms with Crippen LogP contribution in [0.15, 0.2) is 36.4 Å². The van der Waals surface area contributed by atoms with Crippen LogP contribution in [0.4, 0.5) is 10.1 Å². The highest BCUT2D eigenvalue weighted by atomic mass is 35.5. The molecule has 37 heavy (non-hydrogen) atoms. The first-order valence-corrected chi connectivity index (χ1v) is 13.1. The van der Waals surface area contributed by atoms with Crippen LogP contribution in [0.1, 0.15) is 57.1 Å². The number of fused-ring (bicyclic) bond motifs is 2. The first kappa shape index (κ1) is 26.4. The lowest BCUT2D eigenvalue weighted by molar-refractivity contribution is -0.166. The SMILES string of the molecule is CC(C)(C)C[C@H]1N(O)[C@@H](C(=O)NC2CC(O)C2)[C@H](c2cccc(Cl)c2F)[C@@]12C(=O)Nc1cc(Cl)ccc12. The molecule has 2 aromatic rings. The molecule has 1 saturated carbocycles. The maximum Gasteiger partial charge on any atom is 0.240 e. The quantitative estimate of drug-likeness (QED) is 0.445. The third-order valence-corrected chi connectivity index (χ3v) is 8.36. The lowest BCUT2D eigenvalue weighted by atomic mass is 9.62. The topological polar surface area (TPSA) is 102 Å². The van der Waals surface area contributed by atoms with Gasteiger partial charge >= 0.3 is 0 Å². The molecule has 0 aromatic heterocycles. The van der Waals surface area contributed by atoms with Gasteiger partial charge in [-0.3, -0.25) is 9.59 Å². The normalized spacial score (nSPS) is 31.2. The maximum atomic E-state index is 15.7. The predicted octanol–water partition coefficient (Wildman–Crippen LogP) is 4.62. The van der Waals surface area contributed by atoms with Crippen LogP contribution in [0.5, 0.6) is 0 Å². The molecule has 198 valence electrons. The average Bonchev–Trinajstić information content (AvgIpc) is 3.20. The molecule has 1 aliphatic carbocycles. The molecule has 5 rings (SSSR count). The van der Waals surface area contributed by atoms with Crippen molar-refractivity contribution in [1.29, 1.82) is 0 Å². The van der Waals surface area contributed by atoms with Crippen molar-refractivity contribution in [2.24, 2.45) is 5.41 Å². The molecule has 0 bridgehead atoms. The summed E-state index contributed by atoms with van der Waals surface area (Å²) in [5, 5.41) is 28.4. The third kappa shape index (κ3) is 4.23. The molecule has 4 N–H and O–H groups in total. The number of hydrogen-bond acceptors (Lipinski definition) is 5. The minimum Gasteiger partial charge on any atom is -0.393 e. The summed E-state index contributed by atoms with van der Waals surface area (Å²) in [7, 11) is 0. The minimum absolute atomic E-state index is 0.0645. The van der Waals surface area contributed by atoms with E-state index in [1.54, 1.807) is 24.3 Å². The summed E-state index contributed by atoms with van der Waals surface area (Å²) < 4.78 is 15.7. The van der Waals surface area contributed by atoms with Crippen molar-refractivity contribution in [1.82, 2.24) is 10.4 Å². The van der Waals surface area contributed by atoms with Gasteiger partial charge in [-0.15, -0.1) is 0 Å². The van der Waals surface area contributed by atoms with E-state index in [-0.39, 0.29) is 22.0 Å². The first-order valence-electron chi connectivity index (χ1n) is 12.4. The van der Waals surface area contributed by atoms with Crippen LogP contribution < -0.4 is 10.6 Å². The lowest BCUT2D eigenvalue weighted by Crippen LogP contribution is -2.53. The summed E-state index contributed by atoms with van der Waals surface area (Å²) in [4.78, 5) is 27.8. The molecule has 2 amide bonds. The Balaban J connectivity index is 1.75. The fourth-order valence-corrected chi connectivity index (χ4v) is 6.61. The fraction of sp³-hybridized carbons (Fsp3) is 0.481. The van der Waals surface area contributed by atoms with Gasteiger partial charge in [0.15, 0.2) is 0 Å². The number of rotatable bonds is 4. The highest BCUT2D eigenvalue weighted by Gasteiger charge is 2.69. The number of amides is 2. The molecule has 3 aliphatic rings. The van der Waals surface area contributed by atoms with Crippen LogP contribution in [-0.4, -0.2) is 51.4 Å². The van der Waals surface area contributed by atoms with E-state index >= 15 is 4.39 Å². The second-order valence-corrected chi connectivity index (χ2v) is 12.4. The molecule has 2 fully saturated rings. The van der Waals surface area contributed by atoms with Crippen molar-refractivity contribution in [2.75, 3.05) is 5.32 Å². The van der Waals surface area contributed by atoms with Crippen molar-refractivity contribution in [3.8, 4) is 0 Å². The molecule has 0 radical (unpaired) electrons. The van der Waals surface area contributed by atoms with E-state index in [0.717, 1.165) is 5.06 Å². The van der Waals surface area contributed by atoms with Crippen molar-refractivity contribution < 1.29 is 24.3 Å². The highest BCUT2D eigenvalue weighted by Crippen LogP contribution is 2.60. The molecule has 1 spiro atoms. The highest BCUT2D eigenvalue weighted by molar-refractivity contribution is 6.31. The number of nitrogens with one attached hydrogen (secondary N) is 2. The van der Waals surface area contributed by atoms with Gasteiger partial charge in [-0.2, -0.15) is 5.06 Å². The van der Waals surface area contributed by atoms with Gasteiger partial charge in [0.1, 0.15) is 17.3 Å². The number of carbonyl (C=O) groups excluding carboxylic acids is 2. The fourth-order valence-electron chi connectivity index (χ4n) is 6.25. The summed E-state index contributed by atoms with van der Waals surface area (Å²) in [5.74, 6) is -2.85.